The first-order chi connectivity index (χ1) is 7.50. The zero-order valence-electron chi connectivity index (χ0n) is 9.35. The van der Waals surface area contributed by atoms with Crippen molar-refractivity contribution >= 4 is 12.0 Å². The molecule has 1 rings (SSSR count). The average molecular weight is 230 g/mol. The van der Waals surface area contributed by atoms with Gasteiger partial charge in [0.15, 0.2) is 6.10 Å². The van der Waals surface area contributed by atoms with E-state index in [4.69, 9.17) is 10.2 Å². The van der Waals surface area contributed by atoms with Crippen LogP contribution in [0.15, 0.2) is 0 Å². The van der Waals surface area contributed by atoms with Crippen LogP contribution in [0, 0.1) is 5.92 Å². The van der Waals surface area contributed by atoms with E-state index in [1.807, 2.05) is 0 Å². The van der Waals surface area contributed by atoms with Crippen molar-refractivity contribution < 1.29 is 19.8 Å². The highest BCUT2D eigenvalue weighted by atomic mass is 16.4. The van der Waals surface area contributed by atoms with Gasteiger partial charge in [0.1, 0.15) is 0 Å². The summed E-state index contributed by atoms with van der Waals surface area (Å²) >= 11 is 0. The minimum absolute atomic E-state index is 0.250. The number of carboxylic acid groups (broad SMARTS) is 1. The summed E-state index contributed by atoms with van der Waals surface area (Å²) in [6.45, 7) is 3.27. The monoisotopic (exact) mass is 230 g/mol. The topological polar surface area (TPSA) is 89.9 Å². The molecule has 0 aromatic heterocycles. The standard InChI is InChI=1S/C10H18N2O4/c1-7-2-4-12(5-3-7)10(16)11-6-8(13)9(14)15/h7-8,13H,2-6H2,1H3,(H,11,16)(H,14,15)/t8-/m0/s1. The third-order valence-electron chi connectivity index (χ3n) is 2.80. The first-order valence-electron chi connectivity index (χ1n) is 5.44. The van der Waals surface area contributed by atoms with E-state index in [2.05, 4.69) is 12.2 Å². The third-order valence-corrected chi connectivity index (χ3v) is 2.80. The highest BCUT2D eigenvalue weighted by Crippen LogP contribution is 2.15. The smallest absolute Gasteiger partial charge is 0.334 e. The molecule has 0 unspecified atom stereocenters. The predicted molar refractivity (Wildman–Crippen MR) is 57.0 cm³/mol. The number of aliphatic carboxylic acids is 1. The van der Waals surface area contributed by atoms with Crippen molar-refractivity contribution in [1.29, 1.82) is 0 Å². The minimum atomic E-state index is -1.53. The summed E-state index contributed by atoms with van der Waals surface area (Å²) < 4.78 is 0. The lowest BCUT2D eigenvalue weighted by molar-refractivity contribution is -0.146. The van der Waals surface area contributed by atoms with Crippen LogP contribution < -0.4 is 5.32 Å². The van der Waals surface area contributed by atoms with E-state index in [9.17, 15) is 9.59 Å². The molecular weight excluding hydrogens is 212 g/mol. The van der Waals surface area contributed by atoms with Gasteiger partial charge in [-0.2, -0.15) is 0 Å². The molecule has 1 fully saturated rings. The van der Waals surface area contributed by atoms with Gasteiger partial charge in [0.05, 0.1) is 6.54 Å². The van der Waals surface area contributed by atoms with Gasteiger partial charge in [0.2, 0.25) is 0 Å². The number of piperidine rings is 1. The summed E-state index contributed by atoms with van der Waals surface area (Å²) in [4.78, 5) is 23.5. The Morgan fingerprint density at radius 2 is 2.00 bits per heavy atom. The molecule has 3 N–H and O–H groups in total. The normalized spacial score (nSPS) is 19.2. The predicted octanol–water partition coefficient (Wildman–Crippen LogP) is -0.127. The number of aliphatic hydroxyl groups excluding tert-OH is 1. The largest absolute Gasteiger partial charge is 0.479 e. The first kappa shape index (κ1) is 12.8. The quantitative estimate of drug-likeness (QED) is 0.630. The van der Waals surface area contributed by atoms with Crippen molar-refractivity contribution in [3.05, 3.63) is 0 Å². The number of nitrogens with one attached hydrogen (secondary N) is 1. The highest BCUT2D eigenvalue weighted by molar-refractivity contribution is 5.76. The molecule has 0 aromatic carbocycles. The van der Waals surface area contributed by atoms with Crippen LogP contribution in [-0.2, 0) is 4.79 Å². The number of amides is 2. The second-order valence-electron chi connectivity index (χ2n) is 4.21. The zero-order chi connectivity index (χ0) is 12.1. The van der Waals surface area contributed by atoms with Crippen molar-refractivity contribution in [3.63, 3.8) is 0 Å². The van der Waals surface area contributed by atoms with Gasteiger partial charge >= 0.3 is 12.0 Å². The maximum Gasteiger partial charge on any atom is 0.334 e. The first-order valence-corrected chi connectivity index (χ1v) is 5.44. The molecule has 0 aliphatic carbocycles. The zero-order valence-corrected chi connectivity index (χ0v) is 9.35. The van der Waals surface area contributed by atoms with Crippen LogP contribution in [0.4, 0.5) is 4.79 Å². The molecule has 1 atom stereocenters. The van der Waals surface area contributed by atoms with E-state index in [-0.39, 0.29) is 12.6 Å². The number of urea groups is 1. The number of nitrogens with zero attached hydrogens (tertiary/aromatic N) is 1. The Hall–Kier alpha value is -1.30. The molecule has 1 heterocycles. The van der Waals surface area contributed by atoms with E-state index in [1.54, 1.807) is 4.90 Å². The van der Waals surface area contributed by atoms with Crippen LogP contribution in [-0.4, -0.2) is 52.9 Å². The molecule has 16 heavy (non-hydrogen) atoms. The second kappa shape index (κ2) is 5.69. The molecule has 1 aliphatic rings. The summed E-state index contributed by atoms with van der Waals surface area (Å²) in [5.74, 6) is -0.693. The molecule has 0 bridgehead atoms. The average Bonchev–Trinajstić information content (AvgIpc) is 2.26. The maximum absolute atomic E-state index is 11.5. The van der Waals surface area contributed by atoms with Crippen molar-refractivity contribution in [1.82, 2.24) is 10.2 Å². The van der Waals surface area contributed by atoms with Gasteiger partial charge < -0.3 is 20.4 Å². The number of aliphatic hydroxyl groups is 1. The summed E-state index contributed by atoms with van der Waals surface area (Å²) in [5.41, 5.74) is 0. The second-order valence-corrected chi connectivity index (χ2v) is 4.21. The van der Waals surface area contributed by atoms with Gasteiger partial charge in [-0.1, -0.05) is 6.92 Å². The molecular formula is C10H18N2O4. The van der Waals surface area contributed by atoms with Crippen LogP contribution in [0.1, 0.15) is 19.8 Å². The van der Waals surface area contributed by atoms with Crippen molar-refractivity contribution in [2.24, 2.45) is 5.92 Å². The number of carbonyl (C=O) groups is 2. The third kappa shape index (κ3) is 3.69. The number of carbonyl (C=O) groups excluding carboxylic acids is 1. The lowest BCUT2D eigenvalue weighted by Gasteiger charge is -2.30. The van der Waals surface area contributed by atoms with Gasteiger partial charge in [-0.15, -0.1) is 0 Å². The van der Waals surface area contributed by atoms with Crippen molar-refractivity contribution in [3.8, 4) is 0 Å². The van der Waals surface area contributed by atoms with Gasteiger partial charge in [0.25, 0.3) is 0 Å². The number of likely N-dealkylation sites (tertiary alicyclic amines) is 1. The van der Waals surface area contributed by atoms with Gasteiger partial charge in [0, 0.05) is 13.1 Å². The molecule has 92 valence electrons. The molecule has 1 saturated heterocycles. The van der Waals surface area contributed by atoms with Crippen LogP contribution in [0.2, 0.25) is 0 Å². The molecule has 1 aliphatic heterocycles. The van der Waals surface area contributed by atoms with E-state index >= 15 is 0 Å². The van der Waals surface area contributed by atoms with Gasteiger partial charge in [-0.05, 0) is 18.8 Å². The fourth-order valence-electron chi connectivity index (χ4n) is 1.59. The molecule has 0 saturated carbocycles. The Morgan fingerprint density at radius 1 is 1.44 bits per heavy atom. The fraction of sp³-hybridized carbons (Fsp3) is 0.800. The van der Waals surface area contributed by atoms with E-state index in [0.717, 1.165) is 12.8 Å². The van der Waals surface area contributed by atoms with Crippen molar-refractivity contribution in [2.45, 2.75) is 25.9 Å². The fourth-order valence-corrected chi connectivity index (χ4v) is 1.59. The number of rotatable bonds is 3. The lowest BCUT2D eigenvalue weighted by Crippen LogP contribution is -2.47. The maximum atomic E-state index is 11.5. The lowest BCUT2D eigenvalue weighted by atomic mass is 10.00. The van der Waals surface area contributed by atoms with Gasteiger partial charge in [-0.25, -0.2) is 9.59 Å². The van der Waals surface area contributed by atoms with Crippen LogP contribution in [0.3, 0.4) is 0 Å². The minimum Gasteiger partial charge on any atom is -0.479 e. The summed E-state index contributed by atoms with van der Waals surface area (Å²) in [6, 6.07) is -0.299. The number of hydrogen-bond acceptors (Lipinski definition) is 3. The Morgan fingerprint density at radius 3 is 2.50 bits per heavy atom. The Labute approximate surface area is 94.2 Å². The summed E-state index contributed by atoms with van der Waals surface area (Å²) in [5, 5.41) is 19.8. The van der Waals surface area contributed by atoms with E-state index in [1.165, 1.54) is 0 Å². The molecule has 0 radical (unpaired) electrons. The molecule has 6 nitrogen and oxygen atoms in total. The molecule has 0 aromatic rings. The SMILES string of the molecule is CC1CCN(C(=O)NC[C@H](O)C(=O)O)CC1. The Balaban J connectivity index is 2.27. The van der Waals surface area contributed by atoms with Crippen LogP contribution >= 0.6 is 0 Å². The molecule has 0 spiro atoms. The van der Waals surface area contributed by atoms with E-state index in [0.29, 0.717) is 19.0 Å². The highest BCUT2D eigenvalue weighted by Gasteiger charge is 2.21. The number of hydrogen-bond donors (Lipinski definition) is 3. The molecule has 6 heteroatoms. The Kier molecular flexibility index (Phi) is 4.54. The summed E-state index contributed by atoms with van der Waals surface area (Å²) in [6.07, 6.45) is 0.400. The van der Waals surface area contributed by atoms with Gasteiger partial charge in [-0.3, -0.25) is 0 Å². The summed E-state index contributed by atoms with van der Waals surface area (Å²) in [7, 11) is 0. The number of carboxylic acids is 1. The van der Waals surface area contributed by atoms with Crippen LogP contribution in [0.5, 0.6) is 0 Å². The molecule has 2 amide bonds. The Bertz CT molecular complexity index is 262. The van der Waals surface area contributed by atoms with Crippen molar-refractivity contribution in [2.75, 3.05) is 19.6 Å². The van der Waals surface area contributed by atoms with E-state index < -0.39 is 12.1 Å². The van der Waals surface area contributed by atoms with Crippen LogP contribution in [0.25, 0.3) is 0 Å².